The highest BCUT2D eigenvalue weighted by Gasteiger charge is 2.10. The van der Waals surface area contributed by atoms with Crippen molar-refractivity contribution < 1.29 is 4.99 Å². The minimum Gasteiger partial charge on any atom is -0.273 e. The highest BCUT2D eigenvalue weighted by atomic mass is 32.1. The molecular formula is C20H18N3S+. The third-order valence-corrected chi connectivity index (χ3v) is 3.58. The zero-order valence-corrected chi connectivity index (χ0v) is 13.9. The summed E-state index contributed by atoms with van der Waals surface area (Å²) in [6.45, 7) is 0. The summed E-state index contributed by atoms with van der Waals surface area (Å²) in [7, 11) is 0. The summed E-state index contributed by atoms with van der Waals surface area (Å²) in [4.78, 5) is 3.26. The van der Waals surface area contributed by atoms with Crippen molar-refractivity contribution in [2.24, 2.45) is 0 Å². The van der Waals surface area contributed by atoms with E-state index in [1.807, 2.05) is 91.0 Å². The largest absolute Gasteiger partial charge is 0.292 e. The lowest BCUT2D eigenvalue weighted by molar-refractivity contribution is -0.309. The molecule has 4 heteroatoms. The van der Waals surface area contributed by atoms with Gasteiger partial charge in [0.25, 0.3) is 5.11 Å². The fourth-order valence-corrected chi connectivity index (χ4v) is 2.46. The van der Waals surface area contributed by atoms with Crippen LogP contribution in [0.15, 0.2) is 91.0 Å². The van der Waals surface area contributed by atoms with E-state index in [0.717, 1.165) is 22.8 Å². The Morgan fingerprint density at radius 1 is 0.625 bits per heavy atom. The van der Waals surface area contributed by atoms with Crippen LogP contribution in [-0.4, -0.2) is 10.9 Å². The zero-order chi connectivity index (χ0) is 16.6. The Balaban J connectivity index is 1.85. The lowest BCUT2D eigenvalue weighted by atomic mass is 10.2. The average molecular weight is 332 g/mol. The third-order valence-electron chi connectivity index (χ3n) is 3.38. The van der Waals surface area contributed by atoms with Crippen LogP contribution in [-0.2, 0) is 0 Å². The van der Waals surface area contributed by atoms with E-state index in [4.69, 9.17) is 12.2 Å². The topological polar surface area (TPSA) is 38.0 Å². The van der Waals surface area contributed by atoms with Crippen molar-refractivity contribution in [3.8, 4) is 0 Å². The molecule has 0 bridgehead atoms. The first-order valence-electron chi connectivity index (χ1n) is 7.69. The van der Waals surface area contributed by atoms with Gasteiger partial charge in [-0.15, -0.1) is 0 Å². The van der Waals surface area contributed by atoms with Gasteiger partial charge >= 0.3 is 0 Å². The Morgan fingerprint density at radius 2 is 1.08 bits per heavy atom. The van der Waals surface area contributed by atoms with E-state index in [1.54, 1.807) is 0 Å². The fraction of sp³-hybridized carbons (Fsp3) is 0. The summed E-state index contributed by atoms with van der Waals surface area (Å²) in [5.41, 5.74) is 2.96. The second-order valence-corrected chi connectivity index (χ2v) is 5.59. The van der Waals surface area contributed by atoms with Crippen molar-refractivity contribution in [2.75, 3.05) is 10.6 Å². The van der Waals surface area contributed by atoms with Gasteiger partial charge in [0.1, 0.15) is 0 Å². The molecule has 0 atom stereocenters. The Kier molecular flexibility index (Phi) is 5.32. The molecule has 3 aromatic carbocycles. The van der Waals surface area contributed by atoms with Crippen LogP contribution in [0, 0.1) is 0 Å². The SMILES string of the molecule is S=C(Nc1ccccc1)[NH+]=C(Nc1ccccc1)c1ccccc1. The fourth-order valence-electron chi connectivity index (χ4n) is 2.24. The van der Waals surface area contributed by atoms with Crippen molar-refractivity contribution in [2.45, 2.75) is 0 Å². The van der Waals surface area contributed by atoms with Crippen molar-refractivity contribution in [1.29, 1.82) is 0 Å². The molecule has 118 valence electrons. The van der Waals surface area contributed by atoms with Gasteiger partial charge in [-0.3, -0.25) is 10.6 Å². The first-order valence-corrected chi connectivity index (χ1v) is 8.09. The van der Waals surface area contributed by atoms with Gasteiger partial charge in [-0.05, 0) is 48.6 Å². The van der Waals surface area contributed by atoms with Crippen LogP contribution in [0.25, 0.3) is 0 Å². The average Bonchev–Trinajstić information content (AvgIpc) is 2.63. The molecule has 3 N–H and O–H groups in total. The van der Waals surface area contributed by atoms with E-state index in [9.17, 15) is 0 Å². The van der Waals surface area contributed by atoms with Crippen LogP contribution < -0.4 is 15.6 Å². The van der Waals surface area contributed by atoms with Crippen molar-refractivity contribution >= 4 is 34.5 Å². The quantitative estimate of drug-likeness (QED) is 0.392. The lowest BCUT2D eigenvalue weighted by Gasteiger charge is -2.07. The Morgan fingerprint density at radius 3 is 1.62 bits per heavy atom. The number of nitrogens with one attached hydrogen (secondary N) is 3. The van der Waals surface area contributed by atoms with Gasteiger partial charge in [-0.25, -0.2) is 4.99 Å². The second kappa shape index (κ2) is 8.04. The smallest absolute Gasteiger partial charge is 0.273 e. The van der Waals surface area contributed by atoms with E-state index in [1.165, 1.54) is 0 Å². The second-order valence-electron chi connectivity index (χ2n) is 5.18. The van der Waals surface area contributed by atoms with Gasteiger partial charge in [0.05, 0.1) is 11.4 Å². The molecular weight excluding hydrogens is 314 g/mol. The first kappa shape index (κ1) is 15.9. The van der Waals surface area contributed by atoms with Gasteiger partial charge in [0, 0.05) is 5.56 Å². The first-order chi connectivity index (χ1) is 11.8. The molecule has 0 fully saturated rings. The molecule has 0 saturated carbocycles. The maximum absolute atomic E-state index is 5.45. The lowest BCUT2D eigenvalue weighted by Crippen LogP contribution is -2.80. The molecule has 0 heterocycles. The number of hydrogen-bond acceptors (Lipinski definition) is 1. The van der Waals surface area contributed by atoms with Gasteiger partial charge in [-0.1, -0.05) is 54.6 Å². The molecule has 0 aliphatic carbocycles. The Hall–Kier alpha value is -2.98. The van der Waals surface area contributed by atoms with Crippen molar-refractivity contribution in [3.63, 3.8) is 0 Å². The van der Waals surface area contributed by atoms with Gasteiger partial charge < -0.3 is 0 Å². The number of anilines is 2. The number of para-hydroxylation sites is 2. The molecule has 24 heavy (non-hydrogen) atoms. The molecule has 3 rings (SSSR count). The molecule has 0 unspecified atom stereocenters. The van der Waals surface area contributed by atoms with Crippen LogP contribution >= 0.6 is 12.2 Å². The summed E-state index contributed by atoms with van der Waals surface area (Å²) in [5.74, 6) is 0.829. The standard InChI is InChI=1S/C20H17N3S/c24-20(22-18-14-8-3-9-15-18)23-19(16-10-4-1-5-11-16)21-17-12-6-2-7-13-17/h1-15H,(H2,21,22,23,24)/p+1. The maximum atomic E-state index is 5.45. The normalized spacial score (nSPS) is 10.9. The van der Waals surface area contributed by atoms with E-state index in [2.05, 4.69) is 15.6 Å². The monoisotopic (exact) mass is 332 g/mol. The van der Waals surface area contributed by atoms with Crippen LogP contribution in [0.1, 0.15) is 5.56 Å². The number of hydrogen-bond donors (Lipinski definition) is 3. The molecule has 0 saturated heterocycles. The molecule has 0 radical (unpaired) electrons. The molecule has 0 aliphatic rings. The Bertz CT molecular complexity index is 815. The molecule has 3 aromatic rings. The van der Waals surface area contributed by atoms with E-state index in [0.29, 0.717) is 5.11 Å². The van der Waals surface area contributed by atoms with E-state index < -0.39 is 0 Å². The highest BCUT2D eigenvalue weighted by Crippen LogP contribution is 2.07. The number of rotatable bonds is 3. The van der Waals surface area contributed by atoms with Crippen molar-refractivity contribution in [3.05, 3.63) is 96.6 Å². The minimum atomic E-state index is 0.531. The molecule has 3 nitrogen and oxygen atoms in total. The number of thiocarbonyl (C=S) groups is 1. The summed E-state index contributed by atoms with van der Waals surface area (Å²) in [6, 6.07) is 29.9. The zero-order valence-electron chi connectivity index (χ0n) is 13.1. The van der Waals surface area contributed by atoms with Crippen LogP contribution in [0.5, 0.6) is 0 Å². The van der Waals surface area contributed by atoms with Crippen LogP contribution in [0.4, 0.5) is 11.4 Å². The third kappa shape index (κ3) is 4.51. The van der Waals surface area contributed by atoms with E-state index in [-0.39, 0.29) is 0 Å². The van der Waals surface area contributed by atoms with Crippen LogP contribution in [0.2, 0.25) is 0 Å². The van der Waals surface area contributed by atoms with Crippen LogP contribution in [0.3, 0.4) is 0 Å². The summed E-state index contributed by atoms with van der Waals surface area (Å²) < 4.78 is 0. The molecule has 0 aliphatic heterocycles. The number of benzene rings is 3. The number of amidine groups is 1. The molecule has 0 aromatic heterocycles. The minimum absolute atomic E-state index is 0.531. The summed E-state index contributed by atoms with van der Waals surface area (Å²) >= 11 is 5.45. The van der Waals surface area contributed by atoms with Gasteiger partial charge in [0.15, 0.2) is 0 Å². The van der Waals surface area contributed by atoms with Crippen molar-refractivity contribution in [1.82, 2.24) is 0 Å². The summed E-state index contributed by atoms with van der Waals surface area (Å²) in [5, 5.41) is 7.11. The summed E-state index contributed by atoms with van der Waals surface area (Å²) in [6.07, 6.45) is 0. The predicted octanol–water partition coefficient (Wildman–Crippen LogP) is 3.02. The van der Waals surface area contributed by atoms with Gasteiger partial charge in [-0.2, -0.15) is 0 Å². The van der Waals surface area contributed by atoms with E-state index >= 15 is 0 Å². The molecule has 0 spiro atoms. The van der Waals surface area contributed by atoms with Gasteiger partial charge in [0.2, 0.25) is 5.84 Å². The highest BCUT2D eigenvalue weighted by molar-refractivity contribution is 7.80. The predicted molar refractivity (Wildman–Crippen MR) is 104 cm³/mol. The molecule has 0 amide bonds. The Labute approximate surface area is 147 Å². The maximum Gasteiger partial charge on any atom is 0.292 e.